The fourth-order valence-corrected chi connectivity index (χ4v) is 3.99. The first-order valence-electron chi connectivity index (χ1n) is 9.24. The molecular formula is C21H27ClN2O3S. The predicted molar refractivity (Wildman–Crippen MR) is 115 cm³/mol. The van der Waals surface area contributed by atoms with Crippen molar-refractivity contribution in [3.63, 3.8) is 0 Å². The minimum atomic E-state index is -3.46. The molecular weight excluding hydrogens is 396 g/mol. The van der Waals surface area contributed by atoms with E-state index < -0.39 is 10.0 Å². The highest BCUT2D eigenvalue weighted by Crippen LogP contribution is 2.25. The second kappa shape index (κ2) is 9.94. The van der Waals surface area contributed by atoms with Gasteiger partial charge in [-0.1, -0.05) is 54.9 Å². The number of rotatable bonds is 9. The summed E-state index contributed by atoms with van der Waals surface area (Å²) in [5.41, 5.74) is 2.56. The molecule has 0 aliphatic carbocycles. The standard InChI is InChI=1S/C21H27ClN2O3S/c1-16-11-12-19(14-20(16)22)24(28(3,26)27)13-7-10-21(25)23-15-17(2)18-8-5-4-6-9-18/h4-6,8-9,11-12,14,17H,7,10,13,15H2,1-3H3,(H,23,25)/t17-/m0/s1. The zero-order chi connectivity index (χ0) is 20.7. The largest absolute Gasteiger partial charge is 0.356 e. The second-order valence-electron chi connectivity index (χ2n) is 6.99. The molecule has 1 atom stereocenters. The zero-order valence-electron chi connectivity index (χ0n) is 16.5. The number of carbonyl (C=O) groups is 1. The Morgan fingerprint density at radius 2 is 1.86 bits per heavy atom. The quantitative estimate of drug-likeness (QED) is 0.661. The minimum absolute atomic E-state index is 0.0850. The van der Waals surface area contributed by atoms with Crippen molar-refractivity contribution in [2.24, 2.45) is 0 Å². The van der Waals surface area contributed by atoms with Crippen molar-refractivity contribution in [2.75, 3.05) is 23.7 Å². The summed E-state index contributed by atoms with van der Waals surface area (Å²) in [5, 5.41) is 3.43. The van der Waals surface area contributed by atoms with Crippen molar-refractivity contribution >= 4 is 33.2 Å². The molecule has 7 heteroatoms. The number of carbonyl (C=O) groups excluding carboxylic acids is 1. The first kappa shape index (κ1) is 22.2. The third kappa shape index (κ3) is 6.53. The number of amides is 1. The zero-order valence-corrected chi connectivity index (χ0v) is 18.1. The topological polar surface area (TPSA) is 66.5 Å². The van der Waals surface area contributed by atoms with Gasteiger partial charge in [-0.05, 0) is 42.5 Å². The van der Waals surface area contributed by atoms with Crippen molar-refractivity contribution in [3.05, 3.63) is 64.7 Å². The van der Waals surface area contributed by atoms with Gasteiger partial charge in [0.2, 0.25) is 15.9 Å². The molecule has 1 amide bonds. The van der Waals surface area contributed by atoms with E-state index in [2.05, 4.69) is 12.2 Å². The molecule has 0 aliphatic heterocycles. The van der Waals surface area contributed by atoms with Gasteiger partial charge in [-0.25, -0.2) is 8.42 Å². The molecule has 5 nitrogen and oxygen atoms in total. The monoisotopic (exact) mass is 422 g/mol. The highest BCUT2D eigenvalue weighted by Gasteiger charge is 2.18. The normalized spacial score (nSPS) is 12.4. The summed E-state index contributed by atoms with van der Waals surface area (Å²) >= 11 is 6.13. The SMILES string of the molecule is Cc1ccc(N(CCCC(=O)NC[C@H](C)c2ccccc2)S(C)(=O)=O)cc1Cl. The summed E-state index contributed by atoms with van der Waals surface area (Å²) in [6, 6.07) is 15.1. The van der Waals surface area contributed by atoms with Crippen LogP contribution in [0.5, 0.6) is 0 Å². The highest BCUT2D eigenvalue weighted by molar-refractivity contribution is 7.92. The van der Waals surface area contributed by atoms with Crippen LogP contribution in [0.15, 0.2) is 48.5 Å². The number of sulfonamides is 1. The van der Waals surface area contributed by atoms with Gasteiger partial charge < -0.3 is 5.32 Å². The van der Waals surface area contributed by atoms with Gasteiger partial charge in [-0.15, -0.1) is 0 Å². The van der Waals surface area contributed by atoms with E-state index in [-0.39, 0.29) is 24.8 Å². The van der Waals surface area contributed by atoms with Gasteiger partial charge >= 0.3 is 0 Å². The lowest BCUT2D eigenvalue weighted by atomic mass is 10.0. The number of benzene rings is 2. The Morgan fingerprint density at radius 3 is 2.46 bits per heavy atom. The molecule has 0 spiro atoms. The smallest absolute Gasteiger partial charge is 0.232 e. The van der Waals surface area contributed by atoms with E-state index in [4.69, 9.17) is 11.6 Å². The lowest BCUT2D eigenvalue weighted by Gasteiger charge is -2.23. The van der Waals surface area contributed by atoms with Gasteiger partial charge in [0.1, 0.15) is 0 Å². The van der Waals surface area contributed by atoms with E-state index >= 15 is 0 Å². The number of anilines is 1. The van der Waals surface area contributed by atoms with Gasteiger partial charge in [-0.3, -0.25) is 9.10 Å². The molecule has 0 radical (unpaired) electrons. The fraction of sp³-hybridized carbons (Fsp3) is 0.381. The van der Waals surface area contributed by atoms with Crippen LogP contribution in [0.2, 0.25) is 5.02 Å². The van der Waals surface area contributed by atoms with Crippen LogP contribution in [0.3, 0.4) is 0 Å². The molecule has 2 rings (SSSR count). The lowest BCUT2D eigenvalue weighted by molar-refractivity contribution is -0.121. The number of hydrogen-bond donors (Lipinski definition) is 1. The Bertz CT molecular complexity index is 901. The van der Waals surface area contributed by atoms with Crippen molar-refractivity contribution in [1.82, 2.24) is 5.32 Å². The Morgan fingerprint density at radius 1 is 1.18 bits per heavy atom. The summed E-state index contributed by atoms with van der Waals surface area (Å²) < 4.78 is 25.6. The lowest BCUT2D eigenvalue weighted by Crippen LogP contribution is -2.32. The number of aryl methyl sites for hydroxylation is 1. The van der Waals surface area contributed by atoms with Crippen LogP contribution in [-0.2, 0) is 14.8 Å². The summed E-state index contributed by atoms with van der Waals surface area (Å²) in [6.45, 7) is 4.69. The Labute approximate surface area is 172 Å². The Hall–Kier alpha value is -2.05. The van der Waals surface area contributed by atoms with E-state index in [0.29, 0.717) is 23.7 Å². The van der Waals surface area contributed by atoms with E-state index in [9.17, 15) is 13.2 Å². The van der Waals surface area contributed by atoms with Crippen LogP contribution < -0.4 is 9.62 Å². The fourth-order valence-electron chi connectivity index (χ4n) is 2.86. The van der Waals surface area contributed by atoms with Crippen molar-refractivity contribution in [2.45, 2.75) is 32.6 Å². The molecule has 28 heavy (non-hydrogen) atoms. The van der Waals surface area contributed by atoms with Gasteiger partial charge in [0.25, 0.3) is 0 Å². The average molecular weight is 423 g/mol. The van der Waals surface area contributed by atoms with Gasteiger partial charge in [0.15, 0.2) is 0 Å². The number of nitrogens with one attached hydrogen (secondary N) is 1. The van der Waals surface area contributed by atoms with Gasteiger partial charge in [-0.2, -0.15) is 0 Å². The molecule has 2 aromatic rings. The van der Waals surface area contributed by atoms with Gasteiger partial charge in [0, 0.05) is 24.5 Å². The predicted octanol–water partition coefficient (Wildman–Crippen LogP) is 4.11. The minimum Gasteiger partial charge on any atom is -0.356 e. The molecule has 0 bridgehead atoms. The summed E-state index contributed by atoms with van der Waals surface area (Å²) in [5.74, 6) is 0.130. The average Bonchev–Trinajstić information content (AvgIpc) is 2.65. The summed E-state index contributed by atoms with van der Waals surface area (Å²) in [4.78, 5) is 12.1. The summed E-state index contributed by atoms with van der Waals surface area (Å²) in [7, 11) is -3.46. The molecule has 0 aliphatic rings. The Balaban J connectivity index is 1.88. The highest BCUT2D eigenvalue weighted by atomic mass is 35.5. The molecule has 0 heterocycles. The van der Waals surface area contributed by atoms with E-state index in [1.807, 2.05) is 37.3 Å². The van der Waals surface area contributed by atoms with Gasteiger partial charge in [0.05, 0.1) is 11.9 Å². The molecule has 2 aromatic carbocycles. The van der Waals surface area contributed by atoms with E-state index in [1.54, 1.807) is 18.2 Å². The molecule has 0 saturated heterocycles. The first-order chi connectivity index (χ1) is 13.2. The maximum absolute atomic E-state index is 12.2. The molecule has 0 saturated carbocycles. The van der Waals surface area contributed by atoms with Crippen LogP contribution in [0, 0.1) is 6.92 Å². The second-order valence-corrected chi connectivity index (χ2v) is 9.30. The molecule has 0 aromatic heterocycles. The van der Waals surface area contributed by atoms with Crippen LogP contribution in [-0.4, -0.2) is 33.7 Å². The number of nitrogens with zero attached hydrogens (tertiary/aromatic N) is 1. The van der Waals surface area contributed by atoms with Crippen LogP contribution in [0.1, 0.15) is 36.8 Å². The van der Waals surface area contributed by atoms with E-state index in [1.165, 1.54) is 9.87 Å². The van der Waals surface area contributed by atoms with Crippen LogP contribution in [0.4, 0.5) is 5.69 Å². The van der Waals surface area contributed by atoms with Crippen molar-refractivity contribution in [1.29, 1.82) is 0 Å². The Kier molecular flexibility index (Phi) is 7.89. The third-order valence-electron chi connectivity index (χ3n) is 4.58. The third-order valence-corrected chi connectivity index (χ3v) is 6.18. The molecule has 152 valence electrons. The number of hydrogen-bond acceptors (Lipinski definition) is 3. The first-order valence-corrected chi connectivity index (χ1v) is 11.5. The maximum Gasteiger partial charge on any atom is 0.232 e. The van der Waals surface area contributed by atoms with Crippen LogP contribution >= 0.6 is 11.6 Å². The molecule has 1 N–H and O–H groups in total. The van der Waals surface area contributed by atoms with Crippen molar-refractivity contribution in [3.8, 4) is 0 Å². The molecule has 0 fully saturated rings. The summed E-state index contributed by atoms with van der Waals surface area (Å²) in [6.07, 6.45) is 1.83. The molecule has 0 unspecified atom stereocenters. The maximum atomic E-state index is 12.2. The van der Waals surface area contributed by atoms with E-state index in [0.717, 1.165) is 11.8 Å². The van der Waals surface area contributed by atoms with Crippen LogP contribution in [0.25, 0.3) is 0 Å². The van der Waals surface area contributed by atoms with Crippen molar-refractivity contribution < 1.29 is 13.2 Å². The number of halogens is 1.